The number of carboxylic acids is 1. The number of hydrogen-bond acceptors (Lipinski definition) is 5. The molecule has 0 spiro atoms. The van der Waals surface area contributed by atoms with Crippen LogP contribution in [0.1, 0.15) is 34.1 Å². The van der Waals surface area contributed by atoms with E-state index in [1.54, 1.807) is 37.3 Å². The number of carbonyl (C=O) groups excluding carboxylic acids is 2. The van der Waals surface area contributed by atoms with Crippen LogP contribution in [0.5, 0.6) is 5.75 Å². The summed E-state index contributed by atoms with van der Waals surface area (Å²) < 4.78 is 5.37. The molecule has 25 heavy (non-hydrogen) atoms. The third kappa shape index (κ3) is 2.11. The Hall–Kier alpha value is -2.99. The van der Waals surface area contributed by atoms with Crippen molar-refractivity contribution in [2.75, 3.05) is 0 Å². The highest BCUT2D eigenvalue weighted by Crippen LogP contribution is 2.41. The Balaban J connectivity index is 1.96. The molecule has 6 nitrogen and oxygen atoms in total. The maximum atomic E-state index is 13.0. The first-order valence-electron chi connectivity index (χ1n) is 7.85. The maximum Gasteiger partial charge on any atom is 0.333 e. The van der Waals surface area contributed by atoms with Gasteiger partial charge in [0, 0.05) is 28.5 Å². The number of benzene rings is 2. The molecule has 0 fully saturated rings. The molecule has 0 aromatic heterocycles. The lowest BCUT2D eigenvalue weighted by atomic mass is 9.77. The molecule has 0 radical (unpaired) electrons. The summed E-state index contributed by atoms with van der Waals surface area (Å²) in [5.74, 6) is -2.31. The number of phenols is 1. The summed E-state index contributed by atoms with van der Waals surface area (Å²) in [4.78, 5) is 37.1. The van der Waals surface area contributed by atoms with E-state index in [1.807, 2.05) is 0 Å². The first kappa shape index (κ1) is 15.5. The minimum atomic E-state index is -1.18. The van der Waals surface area contributed by atoms with Crippen LogP contribution in [0.15, 0.2) is 41.5 Å². The Labute approximate surface area is 142 Å². The molecule has 4 rings (SSSR count). The van der Waals surface area contributed by atoms with Crippen molar-refractivity contribution in [1.82, 2.24) is 0 Å². The first-order chi connectivity index (χ1) is 11.9. The molecule has 2 aromatic rings. The van der Waals surface area contributed by atoms with Crippen molar-refractivity contribution in [2.24, 2.45) is 0 Å². The molecule has 1 aliphatic heterocycles. The number of aromatic hydroxyl groups is 1. The highest BCUT2D eigenvalue weighted by molar-refractivity contribution is 6.30. The van der Waals surface area contributed by atoms with Gasteiger partial charge in [0.05, 0.1) is 11.7 Å². The third-order valence-electron chi connectivity index (χ3n) is 4.78. The smallest absolute Gasteiger partial charge is 0.333 e. The van der Waals surface area contributed by atoms with Gasteiger partial charge >= 0.3 is 5.97 Å². The molecule has 0 saturated carbocycles. The maximum absolute atomic E-state index is 13.0. The SMILES string of the molecule is CC1OC(C(=O)O)CC2=C1C(=O)c1c(cc3ccccc3c1O)C2=O. The van der Waals surface area contributed by atoms with Crippen LogP contribution in [0.3, 0.4) is 0 Å². The summed E-state index contributed by atoms with van der Waals surface area (Å²) in [7, 11) is 0. The average molecular weight is 338 g/mol. The average Bonchev–Trinajstić information content (AvgIpc) is 2.58. The number of carboxylic acid groups (broad SMARTS) is 1. The van der Waals surface area contributed by atoms with Gasteiger partial charge in [-0.1, -0.05) is 24.3 Å². The summed E-state index contributed by atoms with van der Waals surface area (Å²) in [6, 6.07) is 8.49. The number of rotatable bonds is 1. The van der Waals surface area contributed by atoms with Crippen LogP contribution < -0.4 is 0 Å². The lowest BCUT2D eigenvalue weighted by Crippen LogP contribution is -2.40. The van der Waals surface area contributed by atoms with Crippen molar-refractivity contribution in [2.45, 2.75) is 25.6 Å². The Kier molecular flexibility index (Phi) is 3.27. The lowest BCUT2D eigenvalue weighted by Gasteiger charge is -2.32. The molecule has 1 aliphatic carbocycles. The molecule has 2 N–H and O–H groups in total. The van der Waals surface area contributed by atoms with Gasteiger partial charge in [0.15, 0.2) is 17.7 Å². The zero-order chi connectivity index (χ0) is 17.9. The molecule has 0 amide bonds. The molecule has 2 unspecified atom stereocenters. The number of carbonyl (C=O) groups is 3. The highest BCUT2D eigenvalue weighted by atomic mass is 16.5. The number of aliphatic carboxylic acids is 1. The predicted molar refractivity (Wildman–Crippen MR) is 87.9 cm³/mol. The molecule has 6 heteroatoms. The van der Waals surface area contributed by atoms with Gasteiger partial charge in [0.1, 0.15) is 5.75 Å². The summed E-state index contributed by atoms with van der Waals surface area (Å²) in [6.45, 7) is 1.54. The van der Waals surface area contributed by atoms with Gasteiger partial charge in [-0.05, 0) is 18.4 Å². The molecule has 2 aromatic carbocycles. The predicted octanol–water partition coefficient (Wildman–Crippen LogP) is 2.48. The number of ether oxygens (including phenoxy) is 1. The Morgan fingerprint density at radius 2 is 1.92 bits per heavy atom. The van der Waals surface area contributed by atoms with E-state index in [1.165, 1.54) is 0 Å². The van der Waals surface area contributed by atoms with Crippen molar-refractivity contribution < 1.29 is 29.3 Å². The van der Waals surface area contributed by atoms with Crippen molar-refractivity contribution in [1.29, 1.82) is 0 Å². The van der Waals surface area contributed by atoms with E-state index in [4.69, 9.17) is 4.74 Å². The molecule has 2 aliphatic rings. The minimum Gasteiger partial charge on any atom is -0.507 e. The number of hydrogen-bond donors (Lipinski definition) is 2. The fraction of sp³-hybridized carbons (Fsp3) is 0.211. The van der Waals surface area contributed by atoms with E-state index in [2.05, 4.69) is 0 Å². The van der Waals surface area contributed by atoms with Gasteiger partial charge in [-0.15, -0.1) is 0 Å². The molecule has 126 valence electrons. The summed E-state index contributed by atoms with van der Waals surface area (Å²) in [6.07, 6.45) is -2.16. The summed E-state index contributed by atoms with van der Waals surface area (Å²) in [5, 5.41) is 20.9. The van der Waals surface area contributed by atoms with Crippen molar-refractivity contribution in [3.05, 3.63) is 52.6 Å². The van der Waals surface area contributed by atoms with Crippen molar-refractivity contribution in [3.8, 4) is 5.75 Å². The minimum absolute atomic E-state index is 0.0355. The van der Waals surface area contributed by atoms with Gasteiger partial charge in [-0.3, -0.25) is 9.59 Å². The monoisotopic (exact) mass is 338 g/mol. The first-order valence-corrected chi connectivity index (χ1v) is 7.85. The quantitative estimate of drug-likeness (QED) is 0.828. The van der Waals surface area contributed by atoms with E-state index in [9.17, 15) is 24.6 Å². The van der Waals surface area contributed by atoms with Crippen molar-refractivity contribution >= 4 is 28.3 Å². The van der Waals surface area contributed by atoms with E-state index >= 15 is 0 Å². The molecule has 0 bridgehead atoms. The van der Waals surface area contributed by atoms with Crippen molar-refractivity contribution in [3.63, 3.8) is 0 Å². The zero-order valence-electron chi connectivity index (χ0n) is 13.3. The second-order valence-corrected chi connectivity index (χ2v) is 6.23. The van der Waals surface area contributed by atoms with Gasteiger partial charge in [-0.2, -0.15) is 0 Å². The normalized spacial score (nSPS) is 22.8. The Bertz CT molecular complexity index is 1000. The zero-order valence-corrected chi connectivity index (χ0v) is 13.3. The van der Waals surface area contributed by atoms with Gasteiger partial charge in [-0.25, -0.2) is 4.79 Å². The fourth-order valence-corrected chi connectivity index (χ4v) is 3.62. The van der Waals surface area contributed by atoms with Crippen LogP contribution in [-0.4, -0.2) is 40.0 Å². The van der Waals surface area contributed by atoms with E-state index < -0.39 is 29.7 Å². The molecular formula is C19H14O6. The fourth-order valence-electron chi connectivity index (χ4n) is 3.62. The number of phenolic OH excluding ortho intramolecular Hbond substituents is 1. The summed E-state index contributed by atoms with van der Waals surface area (Å²) >= 11 is 0. The second-order valence-electron chi connectivity index (χ2n) is 6.23. The van der Waals surface area contributed by atoms with Crippen LogP contribution in [0.2, 0.25) is 0 Å². The Morgan fingerprint density at radius 3 is 2.64 bits per heavy atom. The van der Waals surface area contributed by atoms with Gasteiger partial charge < -0.3 is 14.9 Å². The van der Waals surface area contributed by atoms with E-state index in [0.29, 0.717) is 10.8 Å². The third-order valence-corrected chi connectivity index (χ3v) is 4.78. The summed E-state index contributed by atoms with van der Waals surface area (Å²) in [5.41, 5.74) is 0.378. The van der Waals surface area contributed by atoms with Crippen LogP contribution >= 0.6 is 0 Å². The van der Waals surface area contributed by atoms with Crippen LogP contribution in [0.4, 0.5) is 0 Å². The van der Waals surface area contributed by atoms with Crippen LogP contribution in [-0.2, 0) is 9.53 Å². The van der Waals surface area contributed by atoms with Crippen LogP contribution in [0, 0.1) is 0 Å². The number of ketones is 2. The van der Waals surface area contributed by atoms with E-state index in [0.717, 1.165) is 0 Å². The second kappa shape index (κ2) is 5.26. The number of Topliss-reactive ketones (excluding diaryl/α,β-unsaturated/α-hetero) is 2. The Morgan fingerprint density at radius 1 is 1.20 bits per heavy atom. The lowest BCUT2D eigenvalue weighted by molar-refractivity contribution is -0.153. The molecule has 0 saturated heterocycles. The van der Waals surface area contributed by atoms with Gasteiger partial charge in [0.25, 0.3) is 0 Å². The largest absolute Gasteiger partial charge is 0.507 e. The number of fused-ring (bicyclic) bond motifs is 2. The van der Waals surface area contributed by atoms with Crippen LogP contribution in [0.25, 0.3) is 10.8 Å². The molecule has 1 heterocycles. The highest BCUT2D eigenvalue weighted by Gasteiger charge is 2.43. The standard InChI is InChI=1S/C19H14O6/c1-8-14-12(7-13(25-8)19(23)24)16(20)11-6-9-4-2-3-5-10(9)17(21)15(11)18(14)22/h2-6,8,13,21H,7H2,1H3,(H,23,24). The topological polar surface area (TPSA) is 101 Å². The molecule has 2 atom stereocenters. The van der Waals surface area contributed by atoms with E-state index in [-0.39, 0.29) is 34.4 Å². The van der Waals surface area contributed by atoms with Gasteiger partial charge in [0.2, 0.25) is 0 Å². The molecular weight excluding hydrogens is 324 g/mol.